The van der Waals surface area contributed by atoms with E-state index < -0.39 is 17.5 Å². The highest BCUT2D eigenvalue weighted by molar-refractivity contribution is 6.45. The zero-order valence-corrected chi connectivity index (χ0v) is 13.3. The normalized spacial score (nSPS) is 11.1. The van der Waals surface area contributed by atoms with E-state index in [0.29, 0.717) is 11.9 Å². The summed E-state index contributed by atoms with van der Waals surface area (Å²) in [5, 5.41) is 12.8. The highest BCUT2D eigenvalue weighted by Crippen LogP contribution is 2.33. The molecule has 7 nitrogen and oxygen atoms in total. The highest BCUT2D eigenvalue weighted by atomic mass is 19.4. The molecule has 1 heterocycles. The largest absolute Gasteiger partial charge is 0.421 e. The fraction of sp³-hybridized carbons (Fsp3) is 0.200. The molecular formula is C15H15F3N6O. The molecule has 2 aromatic rings. The molecular weight excluding hydrogens is 337 g/mol. The number of hydrogen-bond donors (Lipinski definition) is 4. The van der Waals surface area contributed by atoms with Crippen molar-refractivity contribution in [1.29, 1.82) is 5.41 Å². The minimum Gasteiger partial charge on any atom is -0.398 e. The molecule has 0 unspecified atom stereocenters. The summed E-state index contributed by atoms with van der Waals surface area (Å²) < 4.78 is 38.5. The van der Waals surface area contributed by atoms with E-state index in [-0.39, 0.29) is 28.7 Å². The maximum Gasteiger partial charge on any atom is 0.421 e. The number of halogens is 3. The number of carbonyl (C=O) groups is 1. The number of carbonyl (C=O) groups excluding carboxylic acids is 1. The van der Waals surface area contributed by atoms with E-state index in [4.69, 9.17) is 11.1 Å². The predicted octanol–water partition coefficient (Wildman–Crippen LogP) is 2.82. The van der Waals surface area contributed by atoms with E-state index in [0.717, 1.165) is 0 Å². The van der Waals surface area contributed by atoms with Crippen molar-refractivity contribution in [1.82, 2.24) is 9.97 Å². The summed E-state index contributed by atoms with van der Waals surface area (Å²) in [5.74, 6) is -0.865. The molecule has 0 saturated carbocycles. The van der Waals surface area contributed by atoms with Crippen LogP contribution < -0.4 is 16.4 Å². The molecule has 5 N–H and O–H groups in total. The average molecular weight is 352 g/mol. The molecule has 10 heteroatoms. The van der Waals surface area contributed by atoms with Crippen LogP contribution in [0.1, 0.15) is 18.1 Å². The third-order valence-electron chi connectivity index (χ3n) is 3.26. The van der Waals surface area contributed by atoms with Gasteiger partial charge in [-0.3, -0.25) is 10.2 Å². The molecule has 132 valence electrons. The van der Waals surface area contributed by atoms with Gasteiger partial charge in [0.2, 0.25) is 5.95 Å². The molecule has 0 fully saturated rings. The lowest BCUT2D eigenvalue weighted by Gasteiger charge is -2.13. The molecule has 0 radical (unpaired) electrons. The second-order valence-electron chi connectivity index (χ2n) is 5.06. The Morgan fingerprint density at radius 3 is 2.52 bits per heavy atom. The third-order valence-corrected chi connectivity index (χ3v) is 3.26. The standard InChI is InChI=1S/C15H15F3N6O/c1-7(25)12(20)9-4-3-8(5-11(9)19)23-14-22-6-10(15(16,17)18)13(21-2)24-14/h3-6,20H,19H2,1-2H3,(H2,21,22,23,24). The first kappa shape index (κ1) is 18.2. The predicted molar refractivity (Wildman–Crippen MR) is 88.2 cm³/mol. The monoisotopic (exact) mass is 352 g/mol. The molecule has 2 rings (SSSR count). The van der Waals surface area contributed by atoms with Gasteiger partial charge >= 0.3 is 6.18 Å². The van der Waals surface area contributed by atoms with Crippen molar-refractivity contribution in [2.24, 2.45) is 0 Å². The molecule has 0 saturated heterocycles. The van der Waals surface area contributed by atoms with Gasteiger partial charge in [-0.05, 0) is 18.2 Å². The first-order valence-corrected chi connectivity index (χ1v) is 7.02. The number of aromatic nitrogens is 2. The van der Waals surface area contributed by atoms with Gasteiger partial charge in [0.25, 0.3) is 0 Å². The van der Waals surface area contributed by atoms with Gasteiger partial charge in [0, 0.05) is 37.1 Å². The third kappa shape index (κ3) is 4.03. The molecule has 0 aliphatic rings. The second kappa shape index (κ2) is 6.75. The molecule has 0 aliphatic heterocycles. The summed E-state index contributed by atoms with van der Waals surface area (Å²) in [5.41, 5.74) is 5.45. The van der Waals surface area contributed by atoms with Crippen LogP contribution in [0.15, 0.2) is 24.4 Å². The summed E-state index contributed by atoms with van der Waals surface area (Å²) in [4.78, 5) is 18.7. The van der Waals surface area contributed by atoms with Gasteiger partial charge in [-0.25, -0.2) is 4.98 Å². The van der Waals surface area contributed by atoms with Gasteiger partial charge in [0.15, 0.2) is 5.78 Å². The van der Waals surface area contributed by atoms with E-state index in [1.54, 1.807) is 0 Å². The lowest BCUT2D eigenvalue weighted by Crippen LogP contribution is -2.13. The van der Waals surface area contributed by atoms with Crippen LogP contribution in [0.2, 0.25) is 0 Å². The molecule has 0 amide bonds. The fourth-order valence-electron chi connectivity index (χ4n) is 2.03. The topological polar surface area (TPSA) is 117 Å². The SMILES string of the molecule is CNc1nc(Nc2ccc(C(=N)C(C)=O)c(N)c2)ncc1C(F)(F)F. The summed E-state index contributed by atoms with van der Waals surface area (Å²) >= 11 is 0. The summed E-state index contributed by atoms with van der Waals surface area (Å²) in [6, 6.07) is 4.42. The van der Waals surface area contributed by atoms with Crippen LogP contribution in [-0.2, 0) is 11.0 Å². The molecule has 0 atom stereocenters. The van der Waals surface area contributed by atoms with Crippen molar-refractivity contribution in [3.05, 3.63) is 35.5 Å². The van der Waals surface area contributed by atoms with Crippen LogP contribution in [0.3, 0.4) is 0 Å². The number of nitrogen functional groups attached to an aromatic ring is 1. The van der Waals surface area contributed by atoms with Gasteiger partial charge < -0.3 is 16.4 Å². The minimum atomic E-state index is -4.57. The molecule has 0 aliphatic carbocycles. The second-order valence-corrected chi connectivity index (χ2v) is 5.06. The zero-order chi connectivity index (χ0) is 18.8. The lowest BCUT2D eigenvalue weighted by molar-refractivity contribution is -0.137. The number of rotatable bonds is 5. The molecule has 0 spiro atoms. The van der Waals surface area contributed by atoms with E-state index >= 15 is 0 Å². The number of hydrogen-bond acceptors (Lipinski definition) is 7. The number of Topliss-reactive ketones (excluding diaryl/α,β-unsaturated/α-hetero) is 1. The number of nitrogens with zero attached hydrogens (tertiary/aromatic N) is 2. The quantitative estimate of drug-likeness (QED) is 0.486. The Hall–Kier alpha value is -3.17. The van der Waals surface area contributed by atoms with Crippen molar-refractivity contribution in [2.75, 3.05) is 23.4 Å². The summed E-state index contributed by atoms with van der Waals surface area (Å²) in [7, 11) is 1.32. The number of anilines is 4. The van der Waals surface area contributed by atoms with Gasteiger partial charge in [-0.1, -0.05) is 0 Å². The van der Waals surface area contributed by atoms with E-state index in [1.165, 1.54) is 32.2 Å². The number of nitrogens with one attached hydrogen (secondary N) is 3. The van der Waals surface area contributed by atoms with E-state index in [9.17, 15) is 18.0 Å². The van der Waals surface area contributed by atoms with Crippen molar-refractivity contribution in [3.8, 4) is 0 Å². The smallest absolute Gasteiger partial charge is 0.398 e. The maximum absolute atomic E-state index is 12.8. The van der Waals surface area contributed by atoms with Gasteiger partial charge in [0.1, 0.15) is 17.1 Å². The number of benzene rings is 1. The van der Waals surface area contributed by atoms with E-state index in [2.05, 4.69) is 20.6 Å². The first-order chi connectivity index (χ1) is 11.6. The Morgan fingerprint density at radius 2 is 2.00 bits per heavy atom. The van der Waals surface area contributed by atoms with Crippen LogP contribution in [0.4, 0.5) is 36.3 Å². The molecule has 0 bridgehead atoms. The lowest BCUT2D eigenvalue weighted by atomic mass is 10.0. The maximum atomic E-state index is 12.8. The van der Waals surface area contributed by atoms with Crippen LogP contribution in [0.25, 0.3) is 0 Å². The first-order valence-electron chi connectivity index (χ1n) is 7.02. The fourth-order valence-corrected chi connectivity index (χ4v) is 2.03. The number of alkyl halides is 3. The summed E-state index contributed by atoms with van der Waals surface area (Å²) in [6.45, 7) is 1.25. The van der Waals surface area contributed by atoms with E-state index in [1.807, 2.05) is 0 Å². The van der Waals surface area contributed by atoms with Crippen molar-refractivity contribution < 1.29 is 18.0 Å². The van der Waals surface area contributed by atoms with Crippen molar-refractivity contribution >= 4 is 34.6 Å². The van der Waals surface area contributed by atoms with Crippen LogP contribution in [-0.4, -0.2) is 28.5 Å². The summed E-state index contributed by atoms with van der Waals surface area (Å²) in [6.07, 6.45) is -3.90. The van der Waals surface area contributed by atoms with Crippen LogP contribution in [0.5, 0.6) is 0 Å². The van der Waals surface area contributed by atoms with Crippen molar-refractivity contribution in [2.45, 2.75) is 13.1 Å². The van der Waals surface area contributed by atoms with Crippen LogP contribution >= 0.6 is 0 Å². The zero-order valence-electron chi connectivity index (χ0n) is 13.3. The molecule has 25 heavy (non-hydrogen) atoms. The Balaban J connectivity index is 2.30. The number of nitrogens with two attached hydrogens (primary N) is 1. The van der Waals surface area contributed by atoms with Crippen molar-refractivity contribution in [3.63, 3.8) is 0 Å². The molecule has 1 aromatic heterocycles. The molecule has 1 aromatic carbocycles. The minimum absolute atomic E-state index is 0.0638. The average Bonchev–Trinajstić information content (AvgIpc) is 2.53. The van der Waals surface area contributed by atoms with Gasteiger partial charge in [-0.15, -0.1) is 0 Å². The van der Waals surface area contributed by atoms with Gasteiger partial charge in [-0.2, -0.15) is 18.2 Å². The Kier molecular flexibility index (Phi) is 4.91. The number of ketones is 1. The van der Waals surface area contributed by atoms with Crippen LogP contribution in [0, 0.1) is 5.41 Å². The van der Waals surface area contributed by atoms with Gasteiger partial charge in [0.05, 0.1) is 0 Å². The Labute approximate surface area is 141 Å². The Morgan fingerprint density at radius 1 is 1.32 bits per heavy atom. The highest BCUT2D eigenvalue weighted by Gasteiger charge is 2.35. The Bertz CT molecular complexity index is 835.